The largest absolute Gasteiger partial charge is 0.354 e. The van der Waals surface area contributed by atoms with E-state index in [-0.39, 0.29) is 24.8 Å². The van der Waals surface area contributed by atoms with Crippen molar-refractivity contribution < 1.29 is 9.59 Å². The van der Waals surface area contributed by atoms with Gasteiger partial charge in [-0.15, -0.1) is 11.6 Å². The van der Waals surface area contributed by atoms with Crippen molar-refractivity contribution in [1.82, 2.24) is 5.32 Å². The zero-order chi connectivity index (χ0) is 13.5. The van der Waals surface area contributed by atoms with Crippen molar-refractivity contribution in [2.45, 2.75) is 25.6 Å². The predicted molar refractivity (Wildman–Crippen MR) is 72.8 cm³/mol. The molecular weight excluding hydrogens is 252 g/mol. The van der Waals surface area contributed by atoms with Crippen LogP contribution in [0.1, 0.15) is 18.9 Å². The molecule has 1 atom stereocenters. The standard InChI is InChI=1S/C13H17ClN2O2/c1-9-5-3-4-6-11(9)16-12(17)7-8-15-13(18)10(2)14/h3-6,10H,7-8H2,1-2H3,(H,15,18)(H,16,17). The minimum Gasteiger partial charge on any atom is -0.354 e. The number of rotatable bonds is 5. The Morgan fingerprint density at radius 1 is 1.33 bits per heavy atom. The van der Waals surface area contributed by atoms with Crippen LogP contribution in [0.3, 0.4) is 0 Å². The smallest absolute Gasteiger partial charge is 0.237 e. The summed E-state index contributed by atoms with van der Waals surface area (Å²) >= 11 is 5.58. The lowest BCUT2D eigenvalue weighted by Gasteiger charge is -2.09. The van der Waals surface area contributed by atoms with Crippen molar-refractivity contribution in [3.8, 4) is 0 Å². The van der Waals surface area contributed by atoms with Crippen LogP contribution in [0.4, 0.5) is 5.69 Å². The van der Waals surface area contributed by atoms with Crippen LogP contribution in [0.15, 0.2) is 24.3 Å². The maximum Gasteiger partial charge on any atom is 0.237 e. The molecule has 1 rings (SSSR count). The van der Waals surface area contributed by atoms with E-state index in [9.17, 15) is 9.59 Å². The summed E-state index contributed by atoms with van der Waals surface area (Å²) in [6, 6.07) is 7.53. The van der Waals surface area contributed by atoms with Crippen LogP contribution in [0.25, 0.3) is 0 Å². The fourth-order valence-electron chi connectivity index (χ4n) is 1.37. The Morgan fingerprint density at radius 3 is 2.61 bits per heavy atom. The number of halogens is 1. The first-order valence-electron chi connectivity index (χ1n) is 5.78. The molecule has 0 bridgehead atoms. The Labute approximate surface area is 112 Å². The quantitative estimate of drug-likeness (QED) is 0.803. The first kappa shape index (κ1) is 14.5. The Bertz CT molecular complexity index is 433. The minimum atomic E-state index is -0.579. The normalized spacial score (nSPS) is 11.7. The zero-order valence-corrected chi connectivity index (χ0v) is 11.3. The van der Waals surface area contributed by atoms with Gasteiger partial charge in [0.25, 0.3) is 0 Å². The van der Waals surface area contributed by atoms with Crippen LogP contribution < -0.4 is 10.6 Å². The van der Waals surface area contributed by atoms with Crippen molar-refractivity contribution in [2.75, 3.05) is 11.9 Å². The fourth-order valence-corrected chi connectivity index (χ4v) is 1.44. The first-order valence-corrected chi connectivity index (χ1v) is 6.21. The van der Waals surface area contributed by atoms with Gasteiger partial charge in [0.05, 0.1) is 0 Å². The summed E-state index contributed by atoms with van der Waals surface area (Å²) in [6.07, 6.45) is 0.226. The summed E-state index contributed by atoms with van der Waals surface area (Å²) in [5, 5.41) is 4.79. The minimum absolute atomic E-state index is 0.133. The number of hydrogen-bond acceptors (Lipinski definition) is 2. The second kappa shape index (κ2) is 7.01. The van der Waals surface area contributed by atoms with Gasteiger partial charge in [-0.05, 0) is 25.5 Å². The molecule has 1 unspecified atom stereocenters. The van der Waals surface area contributed by atoms with Gasteiger partial charge in [0, 0.05) is 18.7 Å². The van der Waals surface area contributed by atoms with Crippen LogP contribution in [0, 0.1) is 6.92 Å². The van der Waals surface area contributed by atoms with Gasteiger partial charge in [-0.3, -0.25) is 9.59 Å². The number of amides is 2. The molecule has 4 nitrogen and oxygen atoms in total. The number of hydrogen-bond donors (Lipinski definition) is 2. The molecule has 0 saturated carbocycles. The molecule has 5 heteroatoms. The summed E-state index contributed by atoms with van der Waals surface area (Å²) in [7, 11) is 0. The second-order valence-corrected chi connectivity index (χ2v) is 4.67. The maximum atomic E-state index is 11.6. The van der Waals surface area contributed by atoms with Gasteiger partial charge in [0.15, 0.2) is 0 Å². The number of aryl methyl sites for hydroxylation is 1. The van der Waals surface area contributed by atoms with Crippen LogP contribution in [0.5, 0.6) is 0 Å². The summed E-state index contributed by atoms with van der Waals surface area (Å²) < 4.78 is 0. The lowest BCUT2D eigenvalue weighted by Crippen LogP contribution is -2.32. The number of carbonyl (C=O) groups is 2. The number of alkyl halides is 1. The molecule has 98 valence electrons. The molecule has 0 aliphatic carbocycles. The molecule has 2 N–H and O–H groups in total. The van der Waals surface area contributed by atoms with Gasteiger partial charge < -0.3 is 10.6 Å². The molecule has 18 heavy (non-hydrogen) atoms. The highest BCUT2D eigenvalue weighted by Gasteiger charge is 2.09. The Balaban J connectivity index is 2.35. The molecule has 0 heterocycles. The van der Waals surface area contributed by atoms with E-state index < -0.39 is 5.38 Å². The van der Waals surface area contributed by atoms with E-state index in [4.69, 9.17) is 11.6 Å². The number of anilines is 1. The molecule has 0 aliphatic heterocycles. The van der Waals surface area contributed by atoms with Crippen LogP contribution in [-0.2, 0) is 9.59 Å². The van der Waals surface area contributed by atoms with Crippen LogP contribution in [0.2, 0.25) is 0 Å². The van der Waals surface area contributed by atoms with Crippen LogP contribution >= 0.6 is 11.6 Å². The highest BCUT2D eigenvalue weighted by Crippen LogP contribution is 2.12. The fraction of sp³-hybridized carbons (Fsp3) is 0.385. The monoisotopic (exact) mass is 268 g/mol. The van der Waals surface area contributed by atoms with E-state index in [0.717, 1.165) is 11.3 Å². The lowest BCUT2D eigenvalue weighted by atomic mass is 10.2. The average Bonchev–Trinajstić information content (AvgIpc) is 2.32. The molecule has 0 fully saturated rings. The van der Waals surface area contributed by atoms with E-state index >= 15 is 0 Å². The van der Waals surface area contributed by atoms with Gasteiger partial charge in [-0.1, -0.05) is 18.2 Å². The number of para-hydroxylation sites is 1. The first-order chi connectivity index (χ1) is 8.50. The van der Waals surface area contributed by atoms with Crippen molar-refractivity contribution in [3.05, 3.63) is 29.8 Å². The van der Waals surface area contributed by atoms with Gasteiger partial charge in [-0.25, -0.2) is 0 Å². The third kappa shape index (κ3) is 4.75. The van der Waals surface area contributed by atoms with E-state index in [1.807, 2.05) is 31.2 Å². The van der Waals surface area contributed by atoms with Gasteiger partial charge in [0.1, 0.15) is 5.38 Å². The highest BCUT2D eigenvalue weighted by molar-refractivity contribution is 6.30. The Hall–Kier alpha value is -1.55. The molecule has 0 spiro atoms. The SMILES string of the molecule is Cc1ccccc1NC(=O)CCNC(=O)C(C)Cl. The zero-order valence-electron chi connectivity index (χ0n) is 10.5. The maximum absolute atomic E-state index is 11.6. The lowest BCUT2D eigenvalue weighted by molar-refractivity contribution is -0.120. The van der Waals surface area contributed by atoms with Crippen LogP contribution in [-0.4, -0.2) is 23.7 Å². The third-order valence-corrected chi connectivity index (χ3v) is 2.63. The number of benzene rings is 1. The van der Waals surface area contributed by atoms with Crippen molar-refractivity contribution in [3.63, 3.8) is 0 Å². The Kier molecular flexibility index (Phi) is 5.65. The Morgan fingerprint density at radius 2 is 2.00 bits per heavy atom. The van der Waals surface area contributed by atoms with E-state index in [0.29, 0.717) is 0 Å². The van der Waals surface area contributed by atoms with Gasteiger partial charge in [0.2, 0.25) is 11.8 Å². The molecular formula is C13H17ClN2O2. The number of carbonyl (C=O) groups excluding carboxylic acids is 2. The van der Waals surface area contributed by atoms with Crippen molar-refractivity contribution >= 4 is 29.1 Å². The van der Waals surface area contributed by atoms with Gasteiger partial charge in [-0.2, -0.15) is 0 Å². The predicted octanol–water partition coefficient (Wildman–Crippen LogP) is 2.07. The molecule has 0 aromatic heterocycles. The molecule has 0 radical (unpaired) electrons. The third-order valence-electron chi connectivity index (χ3n) is 2.43. The van der Waals surface area contributed by atoms with Crippen molar-refractivity contribution in [2.24, 2.45) is 0 Å². The average molecular weight is 269 g/mol. The highest BCUT2D eigenvalue weighted by atomic mass is 35.5. The van der Waals surface area contributed by atoms with E-state index in [2.05, 4.69) is 10.6 Å². The molecule has 2 amide bonds. The molecule has 1 aromatic rings. The van der Waals surface area contributed by atoms with Gasteiger partial charge >= 0.3 is 0 Å². The van der Waals surface area contributed by atoms with Crippen molar-refractivity contribution in [1.29, 1.82) is 0 Å². The topological polar surface area (TPSA) is 58.2 Å². The molecule has 1 aromatic carbocycles. The summed E-state index contributed by atoms with van der Waals surface area (Å²) in [6.45, 7) is 3.80. The summed E-state index contributed by atoms with van der Waals surface area (Å²) in [5.74, 6) is -0.396. The van der Waals surface area contributed by atoms with E-state index in [1.54, 1.807) is 6.92 Å². The summed E-state index contributed by atoms with van der Waals surface area (Å²) in [5.41, 5.74) is 1.80. The molecule has 0 aliphatic rings. The number of nitrogens with one attached hydrogen (secondary N) is 2. The second-order valence-electron chi connectivity index (χ2n) is 4.02. The summed E-state index contributed by atoms with van der Waals surface area (Å²) in [4.78, 5) is 22.8. The van der Waals surface area contributed by atoms with E-state index in [1.165, 1.54) is 0 Å². The molecule has 0 saturated heterocycles.